The smallest absolute Gasteiger partial charge is 0.127 e. The van der Waals surface area contributed by atoms with Crippen molar-refractivity contribution in [3.63, 3.8) is 0 Å². The summed E-state index contributed by atoms with van der Waals surface area (Å²) in [4.78, 5) is 0. The van der Waals surface area contributed by atoms with Gasteiger partial charge in [0.25, 0.3) is 0 Å². The van der Waals surface area contributed by atoms with Crippen LogP contribution in [0.25, 0.3) is 0 Å². The monoisotopic (exact) mass is 253 g/mol. The minimum absolute atomic E-state index is 0.130. The first-order chi connectivity index (χ1) is 8.70. The lowest BCUT2D eigenvalue weighted by atomic mass is 10.1. The molecule has 0 aliphatic carbocycles. The molecule has 0 radical (unpaired) electrons. The van der Waals surface area contributed by atoms with E-state index >= 15 is 0 Å². The van der Waals surface area contributed by atoms with Crippen LogP contribution in [-0.2, 0) is 4.74 Å². The van der Waals surface area contributed by atoms with Gasteiger partial charge in [0.1, 0.15) is 18.2 Å². The molecule has 0 aromatic heterocycles. The Morgan fingerprint density at radius 1 is 1.56 bits per heavy atom. The summed E-state index contributed by atoms with van der Waals surface area (Å²) >= 11 is 0. The Labute approximate surface area is 107 Å². The Hall–Kier alpha value is -1.13. The van der Waals surface area contributed by atoms with Crippen molar-refractivity contribution in [1.82, 2.24) is 5.32 Å². The molecule has 0 amide bonds. The maximum Gasteiger partial charge on any atom is 0.127 e. The molecule has 0 bridgehead atoms. The molecular weight excluding hydrogens is 233 g/mol. The van der Waals surface area contributed by atoms with E-state index in [0.29, 0.717) is 12.4 Å². The Kier molecular flexibility index (Phi) is 4.55. The number of halogens is 1. The highest BCUT2D eigenvalue weighted by molar-refractivity contribution is 5.36. The Morgan fingerprint density at radius 2 is 2.39 bits per heavy atom. The number of benzene rings is 1. The SMILES string of the molecule is CNC(C)c1ccc(F)cc1OCC1CCCO1. The van der Waals surface area contributed by atoms with Crippen molar-refractivity contribution in [1.29, 1.82) is 0 Å². The van der Waals surface area contributed by atoms with Crippen molar-refractivity contribution in [3.8, 4) is 5.75 Å². The molecule has 1 fully saturated rings. The fourth-order valence-corrected chi connectivity index (χ4v) is 2.10. The third kappa shape index (κ3) is 3.21. The maximum absolute atomic E-state index is 13.3. The summed E-state index contributed by atoms with van der Waals surface area (Å²) < 4.78 is 24.5. The van der Waals surface area contributed by atoms with E-state index < -0.39 is 0 Å². The molecule has 1 aliphatic rings. The van der Waals surface area contributed by atoms with Gasteiger partial charge >= 0.3 is 0 Å². The van der Waals surface area contributed by atoms with Gasteiger partial charge in [-0.05, 0) is 32.9 Å². The van der Waals surface area contributed by atoms with E-state index in [1.165, 1.54) is 12.1 Å². The highest BCUT2D eigenvalue weighted by atomic mass is 19.1. The van der Waals surface area contributed by atoms with Crippen molar-refractivity contribution in [3.05, 3.63) is 29.6 Å². The summed E-state index contributed by atoms with van der Waals surface area (Å²) in [6, 6.07) is 4.80. The number of nitrogens with one attached hydrogen (secondary N) is 1. The second kappa shape index (κ2) is 6.16. The lowest BCUT2D eigenvalue weighted by Gasteiger charge is -2.18. The molecule has 0 saturated carbocycles. The van der Waals surface area contributed by atoms with Crippen LogP contribution in [0.1, 0.15) is 31.4 Å². The predicted octanol–water partition coefficient (Wildman–Crippen LogP) is 2.66. The number of hydrogen-bond donors (Lipinski definition) is 1. The van der Waals surface area contributed by atoms with Gasteiger partial charge in [-0.25, -0.2) is 4.39 Å². The summed E-state index contributed by atoms with van der Waals surface area (Å²) in [5, 5.41) is 3.14. The lowest BCUT2D eigenvalue weighted by molar-refractivity contribution is 0.0673. The van der Waals surface area contributed by atoms with Gasteiger partial charge in [-0.3, -0.25) is 0 Å². The molecule has 1 N–H and O–H groups in total. The summed E-state index contributed by atoms with van der Waals surface area (Å²) in [6.45, 7) is 3.32. The highest BCUT2D eigenvalue weighted by Crippen LogP contribution is 2.26. The van der Waals surface area contributed by atoms with Crippen LogP contribution in [0.2, 0.25) is 0 Å². The molecule has 2 rings (SSSR count). The van der Waals surface area contributed by atoms with Gasteiger partial charge in [-0.2, -0.15) is 0 Å². The highest BCUT2D eigenvalue weighted by Gasteiger charge is 2.18. The third-order valence-corrected chi connectivity index (χ3v) is 3.32. The predicted molar refractivity (Wildman–Crippen MR) is 68.3 cm³/mol. The minimum Gasteiger partial charge on any atom is -0.490 e. The fourth-order valence-electron chi connectivity index (χ4n) is 2.10. The second-order valence-electron chi connectivity index (χ2n) is 4.64. The standard InChI is InChI=1S/C14H20FNO2/c1-10(16-2)13-6-5-11(15)8-14(13)18-9-12-4-3-7-17-12/h5-6,8,10,12,16H,3-4,7,9H2,1-2H3. The van der Waals surface area contributed by atoms with Crippen molar-refractivity contribution >= 4 is 0 Å². The first-order valence-corrected chi connectivity index (χ1v) is 6.42. The zero-order valence-corrected chi connectivity index (χ0v) is 10.9. The number of hydrogen-bond acceptors (Lipinski definition) is 3. The van der Waals surface area contributed by atoms with Gasteiger partial charge in [0.15, 0.2) is 0 Å². The van der Waals surface area contributed by atoms with Gasteiger partial charge in [0.2, 0.25) is 0 Å². The van der Waals surface area contributed by atoms with Crippen molar-refractivity contribution in [2.45, 2.75) is 31.9 Å². The van der Waals surface area contributed by atoms with E-state index in [9.17, 15) is 4.39 Å². The van der Waals surface area contributed by atoms with Crippen LogP contribution in [0.3, 0.4) is 0 Å². The first kappa shape index (κ1) is 13.3. The van der Waals surface area contributed by atoms with Crippen LogP contribution in [0, 0.1) is 5.82 Å². The molecule has 18 heavy (non-hydrogen) atoms. The molecule has 4 heteroatoms. The summed E-state index contributed by atoms with van der Waals surface area (Å²) in [5.41, 5.74) is 0.969. The Morgan fingerprint density at radius 3 is 3.06 bits per heavy atom. The van der Waals surface area contributed by atoms with E-state index in [2.05, 4.69) is 5.32 Å². The van der Waals surface area contributed by atoms with Gasteiger partial charge < -0.3 is 14.8 Å². The molecule has 1 aromatic rings. The molecule has 2 atom stereocenters. The van der Waals surface area contributed by atoms with Crippen molar-refractivity contribution in [2.75, 3.05) is 20.3 Å². The van der Waals surface area contributed by atoms with Crippen LogP contribution in [-0.4, -0.2) is 26.4 Å². The van der Waals surface area contributed by atoms with Gasteiger partial charge in [-0.15, -0.1) is 0 Å². The third-order valence-electron chi connectivity index (χ3n) is 3.32. The van der Waals surface area contributed by atoms with E-state index in [4.69, 9.17) is 9.47 Å². The van der Waals surface area contributed by atoms with E-state index in [1.807, 2.05) is 14.0 Å². The topological polar surface area (TPSA) is 30.5 Å². The van der Waals surface area contributed by atoms with Crippen LogP contribution >= 0.6 is 0 Å². The van der Waals surface area contributed by atoms with E-state index in [0.717, 1.165) is 25.0 Å². The van der Waals surface area contributed by atoms with Crippen LogP contribution in [0.4, 0.5) is 4.39 Å². The fraction of sp³-hybridized carbons (Fsp3) is 0.571. The first-order valence-electron chi connectivity index (χ1n) is 6.42. The van der Waals surface area contributed by atoms with Crippen LogP contribution in [0.5, 0.6) is 5.75 Å². The quantitative estimate of drug-likeness (QED) is 0.875. The molecule has 100 valence electrons. The normalized spacial score (nSPS) is 20.9. The molecular formula is C14H20FNO2. The number of ether oxygens (including phenoxy) is 2. The molecule has 1 saturated heterocycles. The largest absolute Gasteiger partial charge is 0.490 e. The van der Waals surface area contributed by atoms with E-state index in [1.54, 1.807) is 6.07 Å². The lowest BCUT2D eigenvalue weighted by Crippen LogP contribution is -2.19. The molecule has 2 unspecified atom stereocenters. The summed E-state index contributed by atoms with van der Waals surface area (Å²) in [6.07, 6.45) is 2.24. The van der Waals surface area contributed by atoms with Crippen LogP contribution < -0.4 is 10.1 Å². The van der Waals surface area contributed by atoms with Gasteiger partial charge in [-0.1, -0.05) is 6.07 Å². The molecule has 3 nitrogen and oxygen atoms in total. The molecule has 1 aromatic carbocycles. The Balaban J connectivity index is 2.06. The average molecular weight is 253 g/mol. The van der Waals surface area contributed by atoms with Crippen molar-refractivity contribution < 1.29 is 13.9 Å². The zero-order chi connectivity index (χ0) is 13.0. The molecule has 1 heterocycles. The minimum atomic E-state index is -0.274. The van der Waals surface area contributed by atoms with E-state index in [-0.39, 0.29) is 18.0 Å². The average Bonchev–Trinajstić information content (AvgIpc) is 2.88. The molecule has 1 aliphatic heterocycles. The number of rotatable bonds is 5. The van der Waals surface area contributed by atoms with Crippen LogP contribution in [0.15, 0.2) is 18.2 Å². The Bertz CT molecular complexity index is 391. The molecule has 0 spiro atoms. The second-order valence-corrected chi connectivity index (χ2v) is 4.64. The van der Waals surface area contributed by atoms with Gasteiger partial charge in [0, 0.05) is 24.3 Å². The zero-order valence-electron chi connectivity index (χ0n) is 10.9. The van der Waals surface area contributed by atoms with Crippen molar-refractivity contribution in [2.24, 2.45) is 0 Å². The van der Waals surface area contributed by atoms with Gasteiger partial charge in [0.05, 0.1) is 6.10 Å². The summed E-state index contributed by atoms with van der Waals surface area (Å²) in [5.74, 6) is 0.330. The maximum atomic E-state index is 13.3. The summed E-state index contributed by atoms with van der Waals surface area (Å²) in [7, 11) is 1.87.